The molecule has 0 unspecified atom stereocenters. The zero-order chi connectivity index (χ0) is 32.8. The summed E-state index contributed by atoms with van der Waals surface area (Å²) < 4.78 is 36.2. The summed E-state index contributed by atoms with van der Waals surface area (Å²) in [5.74, 6) is -0.718. The largest absolute Gasteiger partial charge is 0.496 e. The number of aromatic nitrogens is 2. The molecule has 2 atom stereocenters. The van der Waals surface area contributed by atoms with Gasteiger partial charge in [0.25, 0.3) is 0 Å². The number of nitrogens with zero attached hydrogens (tertiary/aromatic N) is 2. The highest BCUT2D eigenvalue weighted by molar-refractivity contribution is 6.39. The number of ether oxygens (including phenoxy) is 1. The minimum Gasteiger partial charge on any atom is -0.496 e. The van der Waals surface area contributed by atoms with E-state index in [0.717, 1.165) is 6.42 Å². The molecule has 0 spiro atoms. The molecule has 2 aromatic carbocycles. The summed E-state index contributed by atoms with van der Waals surface area (Å²) in [4.78, 5) is 20.0. The molecule has 2 aromatic heterocycles. The molecule has 5 N–H and O–H groups in total. The van der Waals surface area contributed by atoms with Crippen LogP contribution in [0.4, 0.5) is 20.3 Å². The first-order chi connectivity index (χ1) is 22.2. The Hall–Kier alpha value is -3.87. The first-order valence-corrected chi connectivity index (χ1v) is 15.5. The Morgan fingerprint density at radius 2 is 1.85 bits per heavy atom. The van der Waals surface area contributed by atoms with Crippen LogP contribution in [0.15, 0.2) is 54.9 Å². The molecule has 0 bridgehead atoms. The molecule has 1 fully saturated rings. The number of halogens is 4. The lowest BCUT2D eigenvalue weighted by Crippen LogP contribution is -2.35. The lowest BCUT2D eigenvalue weighted by Gasteiger charge is -2.17. The third-order valence-corrected chi connectivity index (χ3v) is 8.37. The number of anilines is 2. The molecule has 3 heterocycles. The molecule has 242 valence electrons. The van der Waals surface area contributed by atoms with Crippen molar-refractivity contribution in [3.8, 4) is 28.1 Å². The van der Waals surface area contributed by atoms with Gasteiger partial charge >= 0.3 is 0 Å². The van der Waals surface area contributed by atoms with Crippen molar-refractivity contribution in [2.24, 2.45) is 0 Å². The quantitative estimate of drug-likeness (QED) is 0.118. The first kappa shape index (κ1) is 33.5. The highest BCUT2D eigenvalue weighted by Gasteiger charge is 2.22. The van der Waals surface area contributed by atoms with Crippen molar-refractivity contribution >= 4 is 40.6 Å². The number of carbonyl (C=O) groups excluding carboxylic acids is 1. The Balaban J connectivity index is 1.38. The van der Waals surface area contributed by atoms with Gasteiger partial charge in [0.2, 0.25) is 5.91 Å². The number of methoxy groups -OCH3 is 1. The molecule has 1 aliphatic heterocycles. The number of hydrogen-bond donors (Lipinski definition) is 5. The van der Waals surface area contributed by atoms with E-state index in [1.54, 1.807) is 49.5 Å². The van der Waals surface area contributed by atoms with Crippen LogP contribution >= 0.6 is 23.2 Å². The van der Waals surface area contributed by atoms with Crippen molar-refractivity contribution in [3.05, 3.63) is 87.7 Å². The highest BCUT2D eigenvalue weighted by atomic mass is 35.5. The van der Waals surface area contributed by atoms with Gasteiger partial charge < -0.3 is 31.1 Å². The fourth-order valence-corrected chi connectivity index (χ4v) is 5.84. The van der Waals surface area contributed by atoms with Gasteiger partial charge in [-0.3, -0.25) is 9.78 Å². The third-order valence-electron chi connectivity index (χ3n) is 7.58. The van der Waals surface area contributed by atoms with E-state index in [-0.39, 0.29) is 40.9 Å². The molecule has 1 aliphatic rings. The summed E-state index contributed by atoms with van der Waals surface area (Å²) in [6, 6.07) is 11.5. The van der Waals surface area contributed by atoms with Crippen LogP contribution in [0.2, 0.25) is 10.0 Å². The molecule has 1 saturated heterocycles. The van der Waals surface area contributed by atoms with E-state index >= 15 is 8.78 Å². The van der Waals surface area contributed by atoms with Crippen LogP contribution in [0.25, 0.3) is 22.4 Å². The van der Waals surface area contributed by atoms with Crippen molar-refractivity contribution in [2.45, 2.75) is 45.0 Å². The maximum Gasteiger partial charge on any atom is 0.220 e. The van der Waals surface area contributed by atoms with Crippen LogP contribution in [-0.2, 0) is 17.9 Å². The zero-order valence-corrected chi connectivity index (χ0v) is 26.8. The first-order valence-electron chi connectivity index (χ1n) is 14.8. The molecular weight excluding hydrogens is 637 g/mol. The van der Waals surface area contributed by atoms with E-state index in [1.165, 1.54) is 19.4 Å². The molecule has 13 heteroatoms. The Kier molecular flexibility index (Phi) is 11.0. The van der Waals surface area contributed by atoms with Crippen molar-refractivity contribution in [2.75, 3.05) is 25.5 Å². The SMILES string of the molecule is COc1cc(-c2nccc(-c3cccc(Nc4nccc(CNC[C@H](C)O)c4F)c3Cl)c2Cl)cc(F)c1CNC[C@H]1CCC(=O)N1. The summed E-state index contributed by atoms with van der Waals surface area (Å²) >= 11 is 13.7. The third kappa shape index (κ3) is 7.73. The molecule has 1 amide bonds. The average molecular weight is 672 g/mol. The molecular formula is C33H34Cl2F2N6O3. The maximum atomic E-state index is 15.4. The Morgan fingerprint density at radius 1 is 1.07 bits per heavy atom. The summed E-state index contributed by atoms with van der Waals surface area (Å²) in [6.45, 7) is 2.88. The number of carbonyl (C=O) groups is 1. The molecule has 46 heavy (non-hydrogen) atoms. The molecule has 0 radical (unpaired) electrons. The summed E-state index contributed by atoms with van der Waals surface area (Å²) in [5.41, 5.74) is 2.93. The predicted molar refractivity (Wildman–Crippen MR) is 175 cm³/mol. The molecule has 0 saturated carbocycles. The fourth-order valence-electron chi connectivity index (χ4n) is 5.24. The van der Waals surface area contributed by atoms with E-state index in [2.05, 4.69) is 31.2 Å². The Morgan fingerprint density at radius 3 is 2.59 bits per heavy atom. The van der Waals surface area contributed by atoms with Crippen LogP contribution in [0, 0.1) is 11.6 Å². The van der Waals surface area contributed by atoms with Crippen molar-refractivity contribution < 1.29 is 23.4 Å². The number of hydrogen-bond acceptors (Lipinski definition) is 8. The number of pyridine rings is 2. The van der Waals surface area contributed by atoms with Gasteiger partial charge in [0.15, 0.2) is 11.6 Å². The second-order valence-electron chi connectivity index (χ2n) is 11.0. The van der Waals surface area contributed by atoms with Gasteiger partial charge in [-0.15, -0.1) is 0 Å². The van der Waals surface area contributed by atoms with Gasteiger partial charge in [-0.2, -0.15) is 0 Å². The molecule has 9 nitrogen and oxygen atoms in total. The molecule has 0 aliphatic carbocycles. The topological polar surface area (TPSA) is 120 Å². The van der Waals surface area contributed by atoms with Crippen LogP contribution < -0.4 is 26.0 Å². The normalized spacial score (nSPS) is 15.1. The van der Waals surface area contributed by atoms with Crippen LogP contribution in [0.5, 0.6) is 5.75 Å². The number of nitrogens with one attached hydrogen (secondary N) is 4. The predicted octanol–water partition coefficient (Wildman–Crippen LogP) is 5.99. The second-order valence-corrected chi connectivity index (χ2v) is 11.8. The maximum absolute atomic E-state index is 15.4. The number of amides is 1. The molecule has 4 aromatic rings. The van der Waals surface area contributed by atoms with Crippen molar-refractivity contribution in [3.63, 3.8) is 0 Å². The number of benzene rings is 2. The van der Waals surface area contributed by atoms with Crippen molar-refractivity contribution in [1.29, 1.82) is 0 Å². The zero-order valence-electron chi connectivity index (χ0n) is 25.3. The minimum absolute atomic E-state index is 0.0104. The van der Waals surface area contributed by atoms with Gasteiger partial charge in [0, 0.05) is 78.9 Å². The van der Waals surface area contributed by atoms with Gasteiger partial charge in [-0.25, -0.2) is 13.8 Å². The van der Waals surface area contributed by atoms with E-state index in [0.29, 0.717) is 64.5 Å². The smallest absolute Gasteiger partial charge is 0.220 e. The van der Waals surface area contributed by atoms with Gasteiger partial charge in [-0.1, -0.05) is 35.3 Å². The Bertz CT molecular complexity index is 1730. The number of aliphatic hydroxyl groups is 1. The lowest BCUT2D eigenvalue weighted by atomic mass is 10.0. The van der Waals surface area contributed by atoms with E-state index in [1.807, 2.05) is 0 Å². The van der Waals surface area contributed by atoms with E-state index in [4.69, 9.17) is 27.9 Å². The van der Waals surface area contributed by atoms with Crippen LogP contribution in [-0.4, -0.2) is 53.3 Å². The lowest BCUT2D eigenvalue weighted by molar-refractivity contribution is -0.119. The van der Waals surface area contributed by atoms with Gasteiger partial charge in [0.1, 0.15) is 11.6 Å². The fraction of sp³-hybridized carbons (Fsp3) is 0.303. The number of rotatable bonds is 13. The number of aliphatic hydroxyl groups excluding tert-OH is 1. The summed E-state index contributed by atoms with van der Waals surface area (Å²) in [6.07, 6.45) is 3.70. The summed E-state index contributed by atoms with van der Waals surface area (Å²) in [5, 5.41) is 22.0. The highest BCUT2D eigenvalue weighted by Crippen LogP contribution is 2.42. The summed E-state index contributed by atoms with van der Waals surface area (Å²) in [7, 11) is 1.46. The van der Waals surface area contributed by atoms with E-state index in [9.17, 15) is 9.90 Å². The standard InChI is InChI=1S/C33H34Cl2F2N6O3/c1-18(44)14-38-15-19-8-10-41-33(31(19)37)43-26-5-3-4-22(29(26)34)23-9-11-40-32(30(23)35)20-12-25(36)24(27(13-20)46-2)17-39-16-21-6-7-28(45)42-21/h3-5,8-13,18,21,38-39,44H,6-7,14-17H2,1-2H3,(H,41,43)(H,42,45)/t18-,21+/m0/s1. The Labute approximate surface area is 275 Å². The second kappa shape index (κ2) is 15.1. The van der Waals surface area contributed by atoms with Crippen molar-refractivity contribution in [1.82, 2.24) is 25.9 Å². The van der Waals surface area contributed by atoms with Gasteiger partial charge in [-0.05, 0) is 43.7 Å². The van der Waals surface area contributed by atoms with E-state index < -0.39 is 17.7 Å². The van der Waals surface area contributed by atoms with Crippen LogP contribution in [0.3, 0.4) is 0 Å². The van der Waals surface area contributed by atoms with Crippen LogP contribution in [0.1, 0.15) is 30.9 Å². The average Bonchev–Trinajstić information content (AvgIpc) is 3.45. The monoisotopic (exact) mass is 670 g/mol. The minimum atomic E-state index is -0.564. The van der Waals surface area contributed by atoms with Gasteiger partial charge in [0.05, 0.1) is 34.6 Å². The molecule has 5 rings (SSSR count).